The third-order valence-electron chi connectivity index (χ3n) is 4.73. The summed E-state index contributed by atoms with van der Waals surface area (Å²) >= 11 is 1.62. The summed E-state index contributed by atoms with van der Waals surface area (Å²) in [6.45, 7) is 3.34. The average Bonchev–Trinajstić information content (AvgIpc) is 3.17. The fraction of sp³-hybridized carbons (Fsp3) is 0.300. The van der Waals surface area contributed by atoms with Crippen LogP contribution in [0.5, 0.6) is 11.5 Å². The highest BCUT2D eigenvalue weighted by Gasteiger charge is 2.27. The molecule has 1 N–H and O–H groups in total. The molecule has 144 valence electrons. The average molecular weight is 397 g/mol. The molecular formula is C20H19N3O4S. The van der Waals surface area contributed by atoms with E-state index in [1.807, 2.05) is 36.4 Å². The van der Waals surface area contributed by atoms with Crippen LogP contribution in [0.25, 0.3) is 10.2 Å². The van der Waals surface area contributed by atoms with Crippen LogP contribution in [0.15, 0.2) is 42.5 Å². The van der Waals surface area contributed by atoms with Crippen molar-refractivity contribution in [1.82, 2.24) is 4.98 Å². The molecule has 8 heteroatoms. The Bertz CT molecular complexity index is 1020. The van der Waals surface area contributed by atoms with E-state index in [1.54, 1.807) is 17.4 Å². The van der Waals surface area contributed by atoms with Crippen molar-refractivity contribution in [2.24, 2.45) is 0 Å². The summed E-state index contributed by atoms with van der Waals surface area (Å²) < 4.78 is 17.8. The number of hydrogen-bond acceptors (Lipinski definition) is 7. The van der Waals surface area contributed by atoms with E-state index in [2.05, 4.69) is 10.2 Å². The number of benzene rings is 2. The highest BCUT2D eigenvalue weighted by molar-refractivity contribution is 7.22. The van der Waals surface area contributed by atoms with Crippen LogP contribution >= 0.6 is 11.3 Å². The smallest absolute Gasteiger partial charge is 0.269 e. The van der Waals surface area contributed by atoms with E-state index in [1.165, 1.54) is 0 Å². The van der Waals surface area contributed by atoms with Gasteiger partial charge in [-0.25, -0.2) is 4.98 Å². The molecular weight excluding hydrogens is 378 g/mol. The number of thiazole rings is 1. The summed E-state index contributed by atoms with van der Waals surface area (Å²) in [5.74, 6) is 1.02. The maximum Gasteiger partial charge on any atom is 0.269 e. The number of carbonyl (C=O) groups excluding carboxylic acids is 1. The largest absolute Gasteiger partial charge is 0.485 e. The molecule has 1 amide bonds. The van der Waals surface area contributed by atoms with E-state index in [0.29, 0.717) is 11.5 Å². The van der Waals surface area contributed by atoms with Gasteiger partial charge in [-0.2, -0.15) is 0 Å². The number of fused-ring (bicyclic) bond motifs is 2. The molecule has 3 aromatic rings. The zero-order valence-electron chi connectivity index (χ0n) is 15.1. The van der Waals surface area contributed by atoms with Gasteiger partial charge in [-0.3, -0.25) is 4.79 Å². The van der Waals surface area contributed by atoms with Crippen molar-refractivity contribution in [3.63, 3.8) is 0 Å². The number of nitrogens with one attached hydrogen (secondary N) is 1. The van der Waals surface area contributed by atoms with Crippen molar-refractivity contribution in [1.29, 1.82) is 0 Å². The number of para-hydroxylation sites is 2. The second-order valence-electron chi connectivity index (χ2n) is 6.63. The summed E-state index contributed by atoms with van der Waals surface area (Å²) in [5, 5.41) is 3.91. The number of amides is 1. The van der Waals surface area contributed by atoms with E-state index >= 15 is 0 Å². The van der Waals surface area contributed by atoms with Gasteiger partial charge in [0, 0.05) is 18.8 Å². The molecule has 1 atom stereocenters. The molecule has 0 unspecified atom stereocenters. The van der Waals surface area contributed by atoms with Crippen LogP contribution in [-0.4, -0.2) is 49.9 Å². The minimum atomic E-state index is -0.684. The Kier molecular flexibility index (Phi) is 4.50. The maximum absolute atomic E-state index is 12.6. The van der Waals surface area contributed by atoms with E-state index in [4.69, 9.17) is 19.2 Å². The maximum atomic E-state index is 12.6. The van der Waals surface area contributed by atoms with Crippen LogP contribution in [0.2, 0.25) is 0 Å². The summed E-state index contributed by atoms with van der Waals surface area (Å²) in [6.07, 6.45) is -0.684. The van der Waals surface area contributed by atoms with Gasteiger partial charge < -0.3 is 24.4 Å². The van der Waals surface area contributed by atoms with Crippen molar-refractivity contribution in [2.45, 2.75) is 6.10 Å². The Labute approximate surface area is 165 Å². The van der Waals surface area contributed by atoms with Crippen LogP contribution < -0.4 is 19.7 Å². The standard InChI is InChI=1S/C20H19N3O4S/c24-19(17-12-26-15-3-1-2-4-16(15)27-17)21-13-5-6-14-18(11-13)28-20(22-14)23-7-9-25-10-8-23/h1-6,11,17H,7-10,12H2,(H,21,24)/t17-/m1/s1. The first-order valence-electron chi connectivity index (χ1n) is 9.19. The van der Waals surface area contributed by atoms with Crippen molar-refractivity contribution in [3.05, 3.63) is 42.5 Å². The van der Waals surface area contributed by atoms with Gasteiger partial charge in [-0.05, 0) is 30.3 Å². The lowest BCUT2D eigenvalue weighted by atomic mass is 10.2. The molecule has 0 saturated carbocycles. The zero-order valence-corrected chi connectivity index (χ0v) is 15.9. The van der Waals surface area contributed by atoms with Gasteiger partial charge in [0.05, 0.1) is 23.4 Å². The van der Waals surface area contributed by atoms with Gasteiger partial charge in [0.25, 0.3) is 5.91 Å². The second kappa shape index (κ2) is 7.29. The lowest BCUT2D eigenvalue weighted by molar-refractivity contribution is -0.125. The zero-order chi connectivity index (χ0) is 18.9. The lowest BCUT2D eigenvalue weighted by Crippen LogP contribution is -2.40. The number of carbonyl (C=O) groups is 1. The second-order valence-corrected chi connectivity index (χ2v) is 7.64. The predicted octanol–water partition coefficient (Wildman–Crippen LogP) is 2.91. The molecule has 0 aliphatic carbocycles. The first-order valence-corrected chi connectivity index (χ1v) is 10.0. The molecule has 1 saturated heterocycles. The van der Waals surface area contributed by atoms with Crippen LogP contribution in [0, 0.1) is 0 Å². The van der Waals surface area contributed by atoms with Crippen LogP contribution in [0.4, 0.5) is 10.8 Å². The van der Waals surface area contributed by atoms with E-state index in [0.717, 1.165) is 47.3 Å². The molecule has 0 radical (unpaired) electrons. The number of anilines is 2. The summed E-state index contributed by atoms with van der Waals surface area (Å²) in [6, 6.07) is 13.1. The van der Waals surface area contributed by atoms with Crippen molar-refractivity contribution >= 4 is 38.3 Å². The van der Waals surface area contributed by atoms with Gasteiger partial charge in [-0.15, -0.1) is 0 Å². The molecule has 2 aromatic carbocycles. The minimum Gasteiger partial charge on any atom is -0.485 e. The molecule has 28 heavy (non-hydrogen) atoms. The molecule has 1 fully saturated rings. The van der Waals surface area contributed by atoms with Gasteiger partial charge in [-0.1, -0.05) is 23.5 Å². The topological polar surface area (TPSA) is 72.9 Å². The van der Waals surface area contributed by atoms with Gasteiger partial charge >= 0.3 is 0 Å². The summed E-state index contributed by atoms with van der Waals surface area (Å²) in [7, 11) is 0. The van der Waals surface area contributed by atoms with E-state index in [9.17, 15) is 4.79 Å². The first-order chi connectivity index (χ1) is 13.8. The molecule has 0 bridgehead atoms. The van der Waals surface area contributed by atoms with Crippen LogP contribution in [0.1, 0.15) is 0 Å². The molecule has 2 aliphatic heterocycles. The van der Waals surface area contributed by atoms with Crippen molar-refractivity contribution in [2.75, 3.05) is 43.1 Å². The van der Waals surface area contributed by atoms with Crippen LogP contribution in [0.3, 0.4) is 0 Å². The van der Waals surface area contributed by atoms with E-state index < -0.39 is 6.10 Å². The van der Waals surface area contributed by atoms with Crippen molar-refractivity contribution < 1.29 is 19.0 Å². The monoisotopic (exact) mass is 397 g/mol. The number of nitrogens with zero attached hydrogens (tertiary/aromatic N) is 2. The molecule has 5 rings (SSSR count). The SMILES string of the molecule is O=C(Nc1ccc2nc(N3CCOCC3)sc2c1)[C@H]1COc2ccccc2O1. The highest BCUT2D eigenvalue weighted by atomic mass is 32.1. The predicted molar refractivity (Wildman–Crippen MR) is 108 cm³/mol. The minimum absolute atomic E-state index is 0.187. The number of ether oxygens (including phenoxy) is 3. The first kappa shape index (κ1) is 17.3. The fourth-order valence-electron chi connectivity index (χ4n) is 3.25. The normalized spacial score (nSPS) is 18.9. The Hall–Kier alpha value is -2.84. The van der Waals surface area contributed by atoms with Gasteiger partial charge in [0.15, 0.2) is 16.6 Å². The molecule has 7 nitrogen and oxygen atoms in total. The molecule has 3 heterocycles. The van der Waals surface area contributed by atoms with Crippen LogP contribution in [-0.2, 0) is 9.53 Å². The summed E-state index contributed by atoms with van der Waals surface area (Å²) in [4.78, 5) is 19.6. The Morgan fingerprint density at radius 2 is 1.96 bits per heavy atom. The highest BCUT2D eigenvalue weighted by Crippen LogP contribution is 2.33. The fourth-order valence-corrected chi connectivity index (χ4v) is 4.31. The Balaban J connectivity index is 1.30. The number of morpholine rings is 1. The quantitative estimate of drug-likeness (QED) is 0.733. The Morgan fingerprint density at radius 3 is 2.82 bits per heavy atom. The third-order valence-corrected chi connectivity index (χ3v) is 5.81. The Morgan fingerprint density at radius 1 is 1.14 bits per heavy atom. The van der Waals surface area contributed by atoms with E-state index in [-0.39, 0.29) is 12.5 Å². The summed E-state index contributed by atoms with van der Waals surface area (Å²) in [5.41, 5.74) is 1.65. The molecule has 0 spiro atoms. The number of hydrogen-bond donors (Lipinski definition) is 1. The van der Waals surface area contributed by atoms with Gasteiger partial charge in [0.2, 0.25) is 6.10 Å². The van der Waals surface area contributed by atoms with Crippen molar-refractivity contribution in [3.8, 4) is 11.5 Å². The molecule has 1 aromatic heterocycles. The number of rotatable bonds is 3. The number of aromatic nitrogens is 1. The van der Waals surface area contributed by atoms with Gasteiger partial charge in [0.1, 0.15) is 6.61 Å². The lowest BCUT2D eigenvalue weighted by Gasteiger charge is -2.25. The molecule has 2 aliphatic rings. The third kappa shape index (κ3) is 3.36.